The molecule has 1 unspecified atom stereocenters. The second-order valence-electron chi connectivity index (χ2n) is 4.22. The predicted molar refractivity (Wildman–Crippen MR) is 72.7 cm³/mol. The SMILES string of the molecule is O=C(NCC(O)C1CC1)Nc1cncc(Br)c1Cl. The number of hydrogen-bond donors (Lipinski definition) is 3. The van der Waals surface area contributed by atoms with Crippen LogP contribution < -0.4 is 10.6 Å². The molecule has 1 fully saturated rings. The van der Waals surface area contributed by atoms with Gasteiger partial charge in [-0.15, -0.1) is 0 Å². The Balaban J connectivity index is 1.84. The highest BCUT2D eigenvalue weighted by Gasteiger charge is 2.29. The van der Waals surface area contributed by atoms with Gasteiger partial charge in [0.2, 0.25) is 0 Å². The van der Waals surface area contributed by atoms with E-state index < -0.39 is 12.1 Å². The first-order valence-corrected chi connectivity index (χ1v) is 6.77. The zero-order chi connectivity index (χ0) is 13.1. The van der Waals surface area contributed by atoms with Gasteiger partial charge in [0, 0.05) is 12.7 Å². The molecule has 5 nitrogen and oxygen atoms in total. The Hall–Kier alpha value is -0.850. The molecule has 0 spiro atoms. The van der Waals surface area contributed by atoms with Gasteiger partial charge in [-0.2, -0.15) is 0 Å². The number of aliphatic hydroxyl groups is 1. The Kier molecular flexibility index (Phi) is 4.42. The third kappa shape index (κ3) is 3.57. The zero-order valence-electron chi connectivity index (χ0n) is 9.49. The maximum absolute atomic E-state index is 11.6. The number of aliphatic hydroxyl groups excluding tert-OH is 1. The smallest absolute Gasteiger partial charge is 0.319 e. The van der Waals surface area contributed by atoms with Gasteiger partial charge in [-0.05, 0) is 34.7 Å². The number of hydrogen-bond acceptors (Lipinski definition) is 3. The first-order chi connectivity index (χ1) is 8.58. The fourth-order valence-corrected chi connectivity index (χ4v) is 1.99. The molecule has 1 saturated carbocycles. The van der Waals surface area contributed by atoms with Gasteiger partial charge >= 0.3 is 6.03 Å². The van der Waals surface area contributed by atoms with Crippen molar-refractivity contribution >= 4 is 39.2 Å². The van der Waals surface area contributed by atoms with Gasteiger partial charge in [0.25, 0.3) is 0 Å². The molecule has 1 heterocycles. The molecule has 1 atom stereocenters. The van der Waals surface area contributed by atoms with Crippen molar-refractivity contribution in [2.45, 2.75) is 18.9 Å². The summed E-state index contributed by atoms with van der Waals surface area (Å²) in [6.07, 6.45) is 4.61. The summed E-state index contributed by atoms with van der Waals surface area (Å²) in [5.41, 5.74) is 0.421. The highest BCUT2D eigenvalue weighted by Crippen LogP contribution is 2.32. The number of carbonyl (C=O) groups is 1. The van der Waals surface area contributed by atoms with Gasteiger partial charge in [0.05, 0.1) is 27.5 Å². The molecule has 7 heteroatoms. The molecule has 1 aliphatic rings. The van der Waals surface area contributed by atoms with Gasteiger partial charge in [0.15, 0.2) is 0 Å². The fourth-order valence-electron chi connectivity index (χ4n) is 1.52. The average molecular weight is 335 g/mol. The summed E-state index contributed by atoms with van der Waals surface area (Å²) in [5.74, 6) is 0.335. The van der Waals surface area contributed by atoms with E-state index in [0.717, 1.165) is 12.8 Å². The maximum Gasteiger partial charge on any atom is 0.319 e. The lowest BCUT2D eigenvalue weighted by atomic mass is 10.2. The van der Waals surface area contributed by atoms with Crippen LogP contribution in [0, 0.1) is 5.92 Å². The van der Waals surface area contributed by atoms with Crippen LogP contribution in [0.5, 0.6) is 0 Å². The van der Waals surface area contributed by atoms with E-state index in [1.807, 2.05) is 0 Å². The van der Waals surface area contributed by atoms with E-state index >= 15 is 0 Å². The molecule has 0 bridgehead atoms. The normalized spacial score (nSPS) is 16.2. The van der Waals surface area contributed by atoms with Crippen molar-refractivity contribution in [3.8, 4) is 0 Å². The number of nitrogens with one attached hydrogen (secondary N) is 2. The molecule has 1 aliphatic carbocycles. The largest absolute Gasteiger partial charge is 0.391 e. The Bertz CT molecular complexity index is 454. The summed E-state index contributed by atoms with van der Waals surface area (Å²) in [4.78, 5) is 15.5. The average Bonchev–Trinajstić information content (AvgIpc) is 3.16. The molecule has 0 radical (unpaired) electrons. The van der Waals surface area contributed by atoms with Crippen LogP contribution in [0.3, 0.4) is 0 Å². The molecule has 0 saturated heterocycles. The fraction of sp³-hybridized carbons (Fsp3) is 0.455. The van der Waals surface area contributed by atoms with Crippen molar-refractivity contribution in [2.24, 2.45) is 5.92 Å². The van der Waals surface area contributed by atoms with Crippen LogP contribution in [0.2, 0.25) is 5.02 Å². The minimum atomic E-state index is -0.466. The van der Waals surface area contributed by atoms with E-state index in [4.69, 9.17) is 11.6 Å². The molecule has 0 aromatic carbocycles. The minimum absolute atomic E-state index is 0.246. The van der Waals surface area contributed by atoms with Crippen molar-refractivity contribution in [3.63, 3.8) is 0 Å². The lowest BCUT2D eigenvalue weighted by Crippen LogP contribution is -2.36. The highest BCUT2D eigenvalue weighted by molar-refractivity contribution is 9.10. The van der Waals surface area contributed by atoms with Crippen molar-refractivity contribution in [3.05, 3.63) is 21.9 Å². The van der Waals surface area contributed by atoms with Gasteiger partial charge in [-0.3, -0.25) is 4.98 Å². The number of aromatic nitrogens is 1. The van der Waals surface area contributed by atoms with Gasteiger partial charge in [-0.1, -0.05) is 11.6 Å². The van der Waals surface area contributed by atoms with Gasteiger partial charge in [0.1, 0.15) is 0 Å². The van der Waals surface area contributed by atoms with Crippen LogP contribution in [-0.4, -0.2) is 28.8 Å². The lowest BCUT2D eigenvalue weighted by Gasteiger charge is -2.12. The second kappa shape index (κ2) is 5.86. The Morgan fingerprint density at radius 2 is 2.33 bits per heavy atom. The number of carbonyl (C=O) groups excluding carboxylic acids is 1. The van der Waals surface area contributed by atoms with Crippen LogP contribution in [0.15, 0.2) is 16.9 Å². The number of amides is 2. The van der Waals surface area contributed by atoms with Crippen LogP contribution in [-0.2, 0) is 0 Å². The minimum Gasteiger partial charge on any atom is -0.391 e. The van der Waals surface area contributed by atoms with Gasteiger partial charge < -0.3 is 15.7 Å². The van der Waals surface area contributed by atoms with Gasteiger partial charge in [-0.25, -0.2) is 4.79 Å². The zero-order valence-corrected chi connectivity index (χ0v) is 11.8. The second-order valence-corrected chi connectivity index (χ2v) is 5.45. The van der Waals surface area contributed by atoms with Crippen molar-refractivity contribution in [1.82, 2.24) is 10.3 Å². The Morgan fingerprint density at radius 1 is 1.61 bits per heavy atom. The number of pyridine rings is 1. The quantitative estimate of drug-likeness (QED) is 0.791. The molecule has 3 N–H and O–H groups in total. The van der Waals surface area contributed by atoms with E-state index in [0.29, 0.717) is 21.1 Å². The molecule has 0 aliphatic heterocycles. The molecule has 2 rings (SSSR count). The Morgan fingerprint density at radius 3 is 3.00 bits per heavy atom. The molecule has 1 aromatic heterocycles. The summed E-state index contributed by atoms with van der Waals surface area (Å²) < 4.78 is 0.611. The summed E-state index contributed by atoms with van der Waals surface area (Å²) >= 11 is 9.20. The van der Waals surface area contributed by atoms with Crippen molar-refractivity contribution < 1.29 is 9.90 Å². The molecule has 18 heavy (non-hydrogen) atoms. The predicted octanol–water partition coefficient (Wildman–Crippen LogP) is 2.39. The first-order valence-electron chi connectivity index (χ1n) is 5.60. The van der Waals surface area contributed by atoms with E-state index in [9.17, 15) is 9.90 Å². The molecule has 98 valence electrons. The summed E-state index contributed by atoms with van der Waals surface area (Å²) in [5, 5.41) is 15.2. The van der Waals surface area contributed by atoms with Crippen LogP contribution >= 0.6 is 27.5 Å². The topological polar surface area (TPSA) is 74.2 Å². The molecular formula is C11H13BrClN3O2. The number of nitrogens with zero attached hydrogens (tertiary/aromatic N) is 1. The van der Waals surface area contributed by atoms with Crippen molar-refractivity contribution in [1.29, 1.82) is 0 Å². The van der Waals surface area contributed by atoms with Crippen molar-refractivity contribution in [2.75, 3.05) is 11.9 Å². The molecule has 2 amide bonds. The summed E-state index contributed by atoms with van der Waals surface area (Å²) in [6, 6.07) is -0.406. The van der Waals surface area contributed by atoms with Crippen LogP contribution in [0.4, 0.5) is 10.5 Å². The number of anilines is 1. The standard InChI is InChI=1S/C11H13BrClN3O2/c12-7-3-14-4-8(10(7)13)16-11(18)15-5-9(17)6-1-2-6/h3-4,6,9,17H,1-2,5H2,(H2,15,16,18). The van der Waals surface area contributed by atoms with E-state index in [2.05, 4.69) is 31.5 Å². The van der Waals surface area contributed by atoms with E-state index in [-0.39, 0.29) is 6.54 Å². The van der Waals surface area contributed by atoms with E-state index in [1.165, 1.54) is 6.20 Å². The third-order valence-corrected chi connectivity index (χ3v) is 3.96. The van der Waals surface area contributed by atoms with E-state index in [1.54, 1.807) is 6.20 Å². The summed E-state index contributed by atoms with van der Waals surface area (Å²) in [6.45, 7) is 0.246. The lowest BCUT2D eigenvalue weighted by molar-refractivity contribution is 0.150. The first kappa shape index (κ1) is 13.6. The molecule has 1 aromatic rings. The van der Waals surface area contributed by atoms with Crippen LogP contribution in [0.25, 0.3) is 0 Å². The monoisotopic (exact) mass is 333 g/mol. The Labute approximate surface area is 118 Å². The maximum atomic E-state index is 11.6. The third-order valence-electron chi connectivity index (χ3n) is 2.72. The number of rotatable bonds is 4. The van der Waals surface area contributed by atoms with Crippen LogP contribution in [0.1, 0.15) is 12.8 Å². The summed E-state index contributed by atoms with van der Waals surface area (Å²) in [7, 11) is 0. The number of urea groups is 1. The molecular weight excluding hydrogens is 321 g/mol. The highest BCUT2D eigenvalue weighted by atomic mass is 79.9. The number of halogens is 2.